The van der Waals surface area contributed by atoms with Crippen LogP contribution in [-0.4, -0.2) is 80.8 Å². The third kappa shape index (κ3) is 4.42. The number of urea groups is 1. The predicted molar refractivity (Wildman–Crippen MR) is 97.5 cm³/mol. The summed E-state index contributed by atoms with van der Waals surface area (Å²) in [5.41, 5.74) is 0.466. The van der Waals surface area contributed by atoms with Gasteiger partial charge in [-0.3, -0.25) is 10.0 Å². The molecule has 0 aromatic carbocycles. The van der Waals surface area contributed by atoms with Gasteiger partial charge < -0.3 is 20.3 Å². The van der Waals surface area contributed by atoms with Gasteiger partial charge in [0.25, 0.3) is 5.91 Å². The zero-order valence-electron chi connectivity index (χ0n) is 16.0. The molecule has 3 heterocycles. The van der Waals surface area contributed by atoms with Crippen molar-refractivity contribution in [3.05, 3.63) is 24.0 Å². The van der Waals surface area contributed by atoms with Gasteiger partial charge >= 0.3 is 12.1 Å². The van der Waals surface area contributed by atoms with Gasteiger partial charge in [-0.05, 0) is 26.8 Å². The van der Waals surface area contributed by atoms with E-state index in [9.17, 15) is 19.6 Å². The topological polar surface area (TPSA) is 129 Å². The van der Waals surface area contributed by atoms with Gasteiger partial charge in [-0.15, -0.1) is 0 Å². The van der Waals surface area contributed by atoms with E-state index in [1.54, 1.807) is 33.0 Å². The van der Waals surface area contributed by atoms with E-state index in [1.165, 1.54) is 15.8 Å². The lowest BCUT2D eigenvalue weighted by atomic mass is 10.2. The molecule has 1 aromatic rings. The van der Waals surface area contributed by atoms with Crippen LogP contribution < -0.4 is 10.6 Å². The molecule has 0 radical (unpaired) electrons. The zero-order chi connectivity index (χ0) is 20.5. The van der Waals surface area contributed by atoms with E-state index in [2.05, 4.69) is 15.7 Å². The first-order chi connectivity index (χ1) is 13.1. The fourth-order valence-corrected chi connectivity index (χ4v) is 2.90. The van der Waals surface area contributed by atoms with Gasteiger partial charge in [-0.1, -0.05) is 0 Å². The van der Waals surface area contributed by atoms with E-state index < -0.39 is 23.8 Å². The molecule has 1 saturated heterocycles. The number of ether oxygens (including phenoxy) is 1. The standard InChI is InChI=1S/C17H24N6O5/c1-17(2,3)28-15(25)19-5-4-18-14(24)11-7-20-22(8-11)12-6-13-10-21(9-12)16(26)23(13)27/h6-8,13,27H,4-5,9-10H2,1-3H3,(H,18,24)(H,19,25). The van der Waals surface area contributed by atoms with Gasteiger partial charge in [0, 0.05) is 25.8 Å². The molecule has 3 N–H and O–H groups in total. The van der Waals surface area contributed by atoms with Crippen molar-refractivity contribution in [1.82, 2.24) is 30.4 Å². The van der Waals surface area contributed by atoms with Crippen LogP contribution in [0.1, 0.15) is 31.1 Å². The minimum atomic E-state index is -0.580. The summed E-state index contributed by atoms with van der Waals surface area (Å²) in [6.45, 7) is 6.49. The maximum atomic E-state index is 12.2. The van der Waals surface area contributed by atoms with E-state index in [4.69, 9.17) is 4.74 Å². The average molecular weight is 392 g/mol. The van der Waals surface area contributed by atoms with Crippen LogP contribution in [0.3, 0.4) is 0 Å². The third-order valence-corrected chi connectivity index (χ3v) is 4.14. The highest BCUT2D eigenvalue weighted by Gasteiger charge is 2.39. The smallest absolute Gasteiger partial charge is 0.407 e. The lowest BCUT2D eigenvalue weighted by molar-refractivity contribution is -0.0450. The number of nitrogens with one attached hydrogen (secondary N) is 2. The van der Waals surface area contributed by atoms with E-state index in [0.29, 0.717) is 29.4 Å². The van der Waals surface area contributed by atoms with Crippen LogP contribution in [0.2, 0.25) is 0 Å². The summed E-state index contributed by atoms with van der Waals surface area (Å²) >= 11 is 0. The molecule has 1 unspecified atom stereocenters. The summed E-state index contributed by atoms with van der Waals surface area (Å²) in [7, 11) is 0. The molecule has 0 saturated carbocycles. The quantitative estimate of drug-likeness (QED) is 0.494. The Morgan fingerprint density at radius 1 is 1.32 bits per heavy atom. The molecule has 3 rings (SSSR count). The molecule has 0 spiro atoms. The lowest BCUT2D eigenvalue weighted by Crippen LogP contribution is -2.37. The van der Waals surface area contributed by atoms with Crippen molar-refractivity contribution >= 4 is 23.7 Å². The first kappa shape index (κ1) is 19.7. The summed E-state index contributed by atoms with van der Waals surface area (Å²) in [5.74, 6) is -0.336. The number of carbonyl (C=O) groups is 3. The molecule has 2 aliphatic heterocycles. The Balaban J connectivity index is 1.49. The van der Waals surface area contributed by atoms with Gasteiger partial charge in [0.05, 0.1) is 30.0 Å². The molecule has 11 heteroatoms. The number of carbonyl (C=O) groups excluding carboxylic acids is 3. The van der Waals surface area contributed by atoms with Crippen molar-refractivity contribution in [2.75, 3.05) is 26.2 Å². The number of nitrogens with zero attached hydrogens (tertiary/aromatic N) is 4. The number of hydrogen-bond donors (Lipinski definition) is 3. The second-order valence-corrected chi connectivity index (χ2v) is 7.59. The Morgan fingerprint density at radius 2 is 2.04 bits per heavy atom. The molecule has 1 aromatic heterocycles. The monoisotopic (exact) mass is 392 g/mol. The van der Waals surface area contributed by atoms with Crippen LogP contribution in [0.5, 0.6) is 0 Å². The van der Waals surface area contributed by atoms with E-state index >= 15 is 0 Å². The molecule has 2 bridgehead atoms. The number of hydroxylamine groups is 2. The molecule has 0 aliphatic carbocycles. The first-order valence-corrected chi connectivity index (χ1v) is 8.92. The second kappa shape index (κ2) is 7.50. The van der Waals surface area contributed by atoms with Gasteiger partial charge in [-0.2, -0.15) is 10.2 Å². The van der Waals surface area contributed by atoms with Gasteiger partial charge in [-0.25, -0.2) is 14.3 Å². The van der Waals surface area contributed by atoms with Crippen molar-refractivity contribution in [1.29, 1.82) is 0 Å². The summed E-state index contributed by atoms with van der Waals surface area (Å²) < 4.78 is 6.62. The SMILES string of the molecule is CC(C)(C)OC(=O)NCCNC(=O)c1cnn(C2=CC3CN(C2)C(=O)N3O)c1. The highest BCUT2D eigenvalue weighted by molar-refractivity contribution is 5.94. The number of aromatic nitrogens is 2. The summed E-state index contributed by atoms with van der Waals surface area (Å²) in [6, 6.07) is -0.865. The molecular formula is C17H24N6O5. The minimum absolute atomic E-state index is 0.227. The van der Waals surface area contributed by atoms with E-state index in [0.717, 1.165) is 0 Å². The summed E-state index contributed by atoms with van der Waals surface area (Å²) in [6.07, 6.45) is 4.18. The zero-order valence-corrected chi connectivity index (χ0v) is 16.0. The highest BCUT2D eigenvalue weighted by Crippen LogP contribution is 2.24. The van der Waals surface area contributed by atoms with Gasteiger partial charge in [0.1, 0.15) is 5.60 Å². The molecule has 11 nitrogen and oxygen atoms in total. The van der Waals surface area contributed by atoms with Gasteiger partial charge in [0.2, 0.25) is 0 Å². The number of alkyl carbamates (subject to hydrolysis) is 1. The van der Waals surface area contributed by atoms with Crippen LogP contribution >= 0.6 is 0 Å². The molecular weight excluding hydrogens is 368 g/mol. The lowest BCUT2D eigenvalue weighted by Gasteiger charge is -2.20. The molecule has 2 aliphatic rings. The number of hydrogen-bond acceptors (Lipinski definition) is 6. The van der Waals surface area contributed by atoms with E-state index in [1.807, 2.05) is 0 Å². The van der Waals surface area contributed by atoms with Gasteiger partial charge in [0.15, 0.2) is 0 Å². The summed E-state index contributed by atoms with van der Waals surface area (Å²) in [4.78, 5) is 37.0. The number of rotatable bonds is 5. The van der Waals surface area contributed by atoms with Crippen molar-refractivity contribution < 1.29 is 24.3 Å². The largest absolute Gasteiger partial charge is 0.444 e. The van der Waals surface area contributed by atoms with Crippen LogP contribution in [0.4, 0.5) is 9.59 Å². The molecule has 1 atom stereocenters. The maximum Gasteiger partial charge on any atom is 0.407 e. The Morgan fingerprint density at radius 3 is 2.71 bits per heavy atom. The maximum absolute atomic E-state index is 12.2. The van der Waals surface area contributed by atoms with Crippen molar-refractivity contribution in [2.45, 2.75) is 32.4 Å². The second-order valence-electron chi connectivity index (χ2n) is 7.59. The number of amides is 4. The Kier molecular flexibility index (Phi) is 5.27. The molecule has 28 heavy (non-hydrogen) atoms. The van der Waals surface area contributed by atoms with Crippen LogP contribution in [-0.2, 0) is 4.74 Å². The fourth-order valence-electron chi connectivity index (χ4n) is 2.90. The molecule has 1 fully saturated rings. The molecule has 152 valence electrons. The molecule has 4 amide bonds. The Hall–Kier alpha value is -3.08. The first-order valence-electron chi connectivity index (χ1n) is 8.92. The van der Waals surface area contributed by atoms with Crippen LogP contribution in [0, 0.1) is 0 Å². The van der Waals surface area contributed by atoms with Crippen molar-refractivity contribution in [2.24, 2.45) is 0 Å². The third-order valence-electron chi connectivity index (χ3n) is 4.14. The van der Waals surface area contributed by atoms with E-state index in [-0.39, 0.29) is 19.0 Å². The average Bonchev–Trinajstić information content (AvgIpc) is 3.18. The fraction of sp³-hybridized carbons (Fsp3) is 0.529. The highest BCUT2D eigenvalue weighted by atomic mass is 16.6. The van der Waals surface area contributed by atoms with Crippen LogP contribution in [0.25, 0.3) is 5.70 Å². The number of fused-ring (bicyclic) bond motifs is 2. The predicted octanol–water partition coefficient (Wildman–Crippen LogP) is 0.488. The van der Waals surface area contributed by atoms with Crippen LogP contribution in [0.15, 0.2) is 18.5 Å². The normalized spacial score (nSPS) is 18.8. The Labute approximate surface area is 161 Å². The summed E-state index contributed by atoms with van der Waals surface area (Å²) in [5, 5.41) is 19.8. The minimum Gasteiger partial charge on any atom is -0.444 e. The van der Waals surface area contributed by atoms with Crippen molar-refractivity contribution in [3.63, 3.8) is 0 Å². The van der Waals surface area contributed by atoms with Crippen molar-refractivity contribution in [3.8, 4) is 0 Å². The Bertz CT molecular complexity index is 811.